The van der Waals surface area contributed by atoms with Gasteiger partial charge in [0.1, 0.15) is 0 Å². The van der Waals surface area contributed by atoms with Gasteiger partial charge in [0.2, 0.25) is 5.91 Å². The maximum atomic E-state index is 13.3. The van der Waals surface area contributed by atoms with Crippen molar-refractivity contribution in [3.8, 4) is 0 Å². The monoisotopic (exact) mass is 413 g/mol. The third kappa shape index (κ3) is 3.27. The number of carbonyl (C=O) groups is 2. The molecule has 2 aliphatic rings. The molecule has 28 heavy (non-hydrogen) atoms. The predicted octanol–water partition coefficient (Wildman–Crippen LogP) is 6.08. The summed E-state index contributed by atoms with van der Waals surface area (Å²) in [6, 6.07) is 13.2. The Hall–Kier alpha value is -2.10. The van der Waals surface area contributed by atoms with Gasteiger partial charge in [-0.3, -0.25) is 14.5 Å². The fraction of sp³-hybridized carbons (Fsp3) is 0.304. The molecule has 144 valence electrons. The minimum absolute atomic E-state index is 0.00497. The summed E-state index contributed by atoms with van der Waals surface area (Å²) in [5.41, 5.74) is 4.36. The second-order valence-corrected chi connectivity index (χ2v) is 8.11. The van der Waals surface area contributed by atoms with Crippen LogP contribution < -0.4 is 4.90 Å². The van der Waals surface area contributed by atoms with Gasteiger partial charge < -0.3 is 0 Å². The first-order valence-electron chi connectivity index (χ1n) is 9.63. The first-order valence-corrected chi connectivity index (χ1v) is 10.4. The first kappa shape index (κ1) is 19.2. The van der Waals surface area contributed by atoms with Crippen LogP contribution >= 0.6 is 23.2 Å². The van der Waals surface area contributed by atoms with E-state index < -0.39 is 0 Å². The molecule has 2 aromatic carbocycles. The lowest BCUT2D eigenvalue weighted by Gasteiger charge is -2.39. The SMILES string of the molecule is CCc1ccccc1N1C(=O)CC(c2ccc(Cl)cc2Cl)C2=C1CCCC2=O. The van der Waals surface area contributed by atoms with E-state index in [-0.39, 0.29) is 24.0 Å². The molecule has 1 heterocycles. The number of allylic oxidation sites excluding steroid dienone is 2. The van der Waals surface area contributed by atoms with Crippen LogP contribution in [0.4, 0.5) is 5.69 Å². The van der Waals surface area contributed by atoms with Gasteiger partial charge in [-0.25, -0.2) is 0 Å². The van der Waals surface area contributed by atoms with Crippen molar-refractivity contribution in [2.24, 2.45) is 0 Å². The van der Waals surface area contributed by atoms with E-state index in [4.69, 9.17) is 23.2 Å². The van der Waals surface area contributed by atoms with Gasteiger partial charge in [-0.05, 0) is 48.6 Å². The molecule has 1 aliphatic carbocycles. The molecule has 3 nitrogen and oxygen atoms in total. The van der Waals surface area contributed by atoms with Crippen LogP contribution in [-0.4, -0.2) is 11.7 Å². The Morgan fingerprint density at radius 3 is 2.61 bits per heavy atom. The van der Waals surface area contributed by atoms with Crippen molar-refractivity contribution in [3.63, 3.8) is 0 Å². The van der Waals surface area contributed by atoms with E-state index in [0.717, 1.165) is 40.9 Å². The van der Waals surface area contributed by atoms with Crippen molar-refractivity contribution in [2.75, 3.05) is 4.90 Å². The fourth-order valence-electron chi connectivity index (χ4n) is 4.35. The van der Waals surface area contributed by atoms with Crippen LogP contribution in [0.1, 0.15) is 49.7 Å². The molecule has 5 heteroatoms. The topological polar surface area (TPSA) is 37.4 Å². The molecular weight excluding hydrogens is 393 g/mol. The molecule has 0 aromatic heterocycles. The highest BCUT2D eigenvalue weighted by molar-refractivity contribution is 6.35. The normalized spacial score (nSPS) is 19.8. The van der Waals surface area contributed by atoms with Crippen LogP contribution in [0.15, 0.2) is 53.7 Å². The highest BCUT2D eigenvalue weighted by Crippen LogP contribution is 2.45. The summed E-state index contributed by atoms with van der Waals surface area (Å²) >= 11 is 12.5. The van der Waals surface area contributed by atoms with Crippen LogP contribution in [0.5, 0.6) is 0 Å². The van der Waals surface area contributed by atoms with E-state index in [1.54, 1.807) is 17.0 Å². The van der Waals surface area contributed by atoms with E-state index in [9.17, 15) is 9.59 Å². The number of rotatable bonds is 3. The third-order valence-electron chi connectivity index (χ3n) is 5.63. The zero-order chi connectivity index (χ0) is 19.8. The Bertz CT molecular complexity index is 996. The van der Waals surface area contributed by atoms with Gasteiger partial charge in [0.15, 0.2) is 5.78 Å². The van der Waals surface area contributed by atoms with Gasteiger partial charge >= 0.3 is 0 Å². The predicted molar refractivity (Wildman–Crippen MR) is 113 cm³/mol. The van der Waals surface area contributed by atoms with Crippen molar-refractivity contribution in [3.05, 3.63) is 74.9 Å². The quantitative estimate of drug-likeness (QED) is 0.610. The summed E-state index contributed by atoms with van der Waals surface area (Å²) < 4.78 is 0. The molecule has 1 amide bonds. The van der Waals surface area contributed by atoms with Crippen molar-refractivity contribution in [1.82, 2.24) is 0 Å². The van der Waals surface area contributed by atoms with E-state index in [1.165, 1.54) is 0 Å². The van der Waals surface area contributed by atoms with E-state index in [2.05, 4.69) is 6.92 Å². The molecular formula is C23H21Cl2NO2. The summed E-state index contributed by atoms with van der Waals surface area (Å²) in [6.45, 7) is 2.07. The van der Waals surface area contributed by atoms with Crippen LogP contribution in [0.25, 0.3) is 0 Å². The average Bonchev–Trinajstić information content (AvgIpc) is 2.68. The number of halogens is 2. The number of carbonyl (C=O) groups excluding carboxylic acids is 2. The van der Waals surface area contributed by atoms with Gasteiger partial charge in [-0.1, -0.05) is 54.4 Å². The smallest absolute Gasteiger partial charge is 0.232 e. The largest absolute Gasteiger partial charge is 0.294 e. The molecule has 0 spiro atoms. The Kier molecular flexibility index (Phi) is 5.31. The zero-order valence-electron chi connectivity index (χ0n) is 15.7. The molecule has 4 rings (SSSR count). The van der Waals surface area contributed by atoms with Crippen LogP contribution in [0.2, 0.25) is 10.0 Å². The number of nitrogens with zero attached hydrogens (tertiary/aromatic N) is 1. The fourth-order valence-corrected chi connectivity index (χ4v) is 4.89. The highest BCUT2D eigenvalue weighted by atomic mass is 35.5. The summed E-state index contributed by atoms with van der Waals surface area (Å²) in [6.07, 6.45) is 3.04. The Morgan fingerprint density at radius 2 is 1.86 bits per heavy atom. The lowest BCUT2D eigenvalue weighted by Crippen LogP contribution is -2.41. The number of para-hydroxylation sites is 1. The maximum Gasteiger partial charge on any atom is 0.232 e. The number of benzene rings is 2. The summed E-state index contributed by atoms with van der Waals surface area (Å²) in [4.78, 5) is 28.0. The maximum absolute atomic E-state index is 13.3. The zero-order valence-corrected chi connectivity index (χ0v) is 17.2. The minimum Gasteiger partial charge on any atom is -0.294 e. The number of hydrogen-bond donors (Lipinski definition) is 0. The number of hydrogen-bond acceptors (Lipinski definition) is 2. The van der Waals surface area contributed by atoms with Gasteiger partial charge in [-0.2, -0.15) is 0 Å². The number of amides is 1. The third-order valence-corrected chi connectivity index (χ3v) is 6.19. The van der Waals surface area contributed by atoms with E-state index in [0.29, 0.717) is 22.9 Å². The molecule has 2 aromatic rings. The Labute approximate surface area is 174 Å². The van der Waals surface area contributed by atoms with E-state index >= 15 is 0 Å². The number of anilines is 1. The second-order valence-electron chi connectivity index (χ2n) is 7.27. The molecule has 0 radical (unpaired) electrons. The van der Waals surface area contributed by atoms with Crippen LogP contribution in [-0.2, 0) is 16.0 Å². The average molecular weight is 414 g/mol. The number of Topliss-reactive ketones (excluding diaryl/α,β-unsaturated/α-hetero) is 1. The van der Waals surface area contributed by atoms with Crippen LogP contribution in [0, 0.1) is 0 Å². The lowest BCUT2D eigenvalue weighted by molar-refractivity contribution is -0.119. The van der Waals surface area contributed by atoms with Crippen LogP contribution in [0.3, 0.4) is 0 Å². The van der Waals surface area contributed by atoms with Crippen molar-refractivity contribution < 1.29 is 9.59 Å². The number of ketones is 1. The lowest BCUT2D eigenvalue weighted by atomic mass is 9.77. The standard InChI is InChI=1S/C23H21Cl2NO2/c1-2-14-6-3-4-7-19(14)26-20-8-5-9-21(27)23(20)17(13-22(26)28)16-11-10-15(24)12-18(16)25/h3-4,6-7,10-12,17H,2,5,8-9,13H2,1H3. The van der Waals surface area contributed by atoms with Crippen molar-refractivity contribution in [2.45, 2.75) is 44.9 Å². The van der Waals surface area contributed by atoms with Crippen molar-refractivity contribution in [1.29, 1.82) is 0 Å². The minimum atomic E-state index is -0.315. The molecule has 0 fully saturated rings. The van der Waals surface area contributed by atoms with E-state index in [1.807, 2.05) is 30.3 Å². The molecule has 0 bridgehead atoms. The summed E-state index contributed by atoms with van der Waals surface area (Å²) in [5, 5.41) is 1.04. The Balaban J connectivity index is 1.90. The first-order chi connectivity index (χ1) is 13.5. The Morgan fingerprint density at radius 1 is 1.07 bits per heavy atom. The highest BCUT2D eigenvalue weighted by Gasteiger charge is 2.40. The number of aryl methyl sites for hydroxylation is 1. The van der Waals surface area contributed by atoms with Crippen molar-refractivity contribution >= 4 is 40.6 Å². The van der Waals surface area contributed by atoms with Gasteiger partial charge in [-0.15, -0.1) is 0 Å². The second kappa shape index (κ2) is 7.73. The molecule has 0 saturated heterocycles. The van der Waals surface area contributed by atoms with Gasteiger partial charge in [0.05, 0.1) is 5.69 Å². The molecule has 1 atom stereocenters. The molecule has 1 aliphatic heterocycles. The molecule has 1 unspecified atom stereocenters. The molecule has 0 N–H and O–H groups in total. The van der Waals surface area contributed by atoms with Gasteiger partial charge in [0, 0.05) is 40.1 Å². The summed E-state index contributed by atoms with van der Waals surface area (Å²) in [7, 11) is 0. The summed E-state index contributed by atoms with van der Waals surface area (Å²) in [5.74, 6) is -0.195. The molecule has 0 saturated carbocycles. The van der Waals surface area contributed by atoms with Gasteiger partial charge in [0.25, 0.3) is 0 Å².